The highest BCUT2D eigenvalue weighted by Gasteiger charge is 2.17. The average molecular weight is 506 g/mol. The molecule has 1 aliphatic rings. The van der Waals surface area contributed by atoms with Crippen LogP contribution in [0.4, 0.5) is 5.69 Å². The molecular weight excluding hydrogens is 478 g/mol. The van der Waals surface area contributed by atoms with Gasteiger partial charge in [-0.05, 0) is 74.9 Å². The number of aliphatic imine (C=N–C) groups is 1. The van der Waals surface area contributed by atoms with E-state index in [1.54, 1.807) is 48.9 Å². The molecule has 3 heterocycles. The minimum absolute atomic E-state index is 0.240. The van der Waals surface area contributed by atoms with Crippen molar-refractivity contribution in [2.24, 2.45) is 4.99 Å². The number of carbonyl (C=O) groups is 2. The first-order chi connectivity index (χ1) is 18.4. The Kier molecular flexibility index (Phi) is 6.95. The van der Waals surface area contributed by atoms with Gasteiger partial charge in [-0.15, -0.1) is 0 Å². The second-order valence-electron chi connectivity index (χ2n) is 9.11. The molecule has 1 aliphatic heterocycles. The lowest BCUT2D eigenvalue weighted by Gasteiger charge is -2.14. The molecule has 190 valence electrons. The molecule has 2 amide bonds. The molecule has 0 radical (unpaired) electrons. The van der Waals surface area contributed by atoms with Crippen LogP contribution < -0.4 is 10.6 Å². The molecule has 2 N–H and O–H groups in total. The molecule has 8 nitrogen and oxygen atoms in total. The highest BCUT2D eigenvalue weighted by molar-refractivity contribution is 6.13. The summed E-state index contributed by atoms with van der Waals surface area (Å²) in [5.41, 5.74) is 6.57. The van der Waals surface area contributed by atoms with Crippen LogP contribution in [0.5, 0.6) is 0 Å². The van der Waals surface area contributed by atoms with E-state index in [4.69, 9.17) is 9.72 Å². The lowest BCUT2D eigenvalue weighted by atomic mass is 9.99. The van der Waals surface area contributed by atoms with Gasteiger partial charge in [-0.2, -0.15) is 0 Å². The highest BCUT2D eigenvalue weighted by Crippen LogP contribution is 2.28. The summed E-state index contributed by atoms with van der Waals surface area (Å²) in [5, 5.41) is 6.59. The summed E-state index contributed by atoms with van der Waals surface area (Å²) in [7, 11) is 0. The van der Waals surface area contributed by atoms with Gasteiger partial charge in [0.2, 0.25) is 0 Å². The highest BCUT2D eigenvalue weighted by atomic mass is 16.5. The zero-order valence-electron chi connectivity index (χ0n) is 21.4. The van der Waals surface area contributed by atoms with Crippen LogP contribution in [0, 0.1) is 13.8 Å². The fraction of sp³-hybridized carbons (Fsp3) is 0.167. The molecule has 4 aromatic rings. The number of fused-ring (bicyclic) bond motifs is 1. The van der Waals surface area contributed by atoms with Crippen LogP contribution in [0.3, 0.4) is 0 Å². The second kappa shape index (κ2) is 10.6. The third-order valence-corrected chi connectivity index (χ3v) is 6.30. The molecule has 0 aliphatic carbocycles. The lowest BCUT2D eigenvalue weighted by Crippen LogP contribution is -2.26. The largest absolute Gasteiger partial charge is 0.491 e. The fourth-order valence-electron chi connectivity index (χ4n) is 4.35. The molecule has 2 aromatic carbocycles. The predicted molar refractivity (Wildman–Crippen MR) is 148 cm³/mol. The van der Waals surface area contributed by atoms with E-state index in [1.165, 1.54) is 0 Å². The minimum Gasteiger partial charge on any atom is -0.491 e. The summed E-state index contributed by atoms with van der Waals surface area (Å²) in [5.74, 6) is 0.199. The Morgan fingerprint density at radius 3 is 2.55 bits per heavy atom. The van der Waals surface area contributed by atoms with Crippen LogP contribution in [-0.2, 0) is 4.74 Å². The first kappa shape index (κ1) is 24.8. The molecule has 38 heavy (non-hydrogen) atoms. The smallest absolute Gasteiger partial charge is 0.256 e. The number of nitrogens with zero attached hydrogens (tertiary/aromatic N) is 3. The van der Waals surface area contributed by atoms with E-state index in [2.05, 4.69) is 26.7 Å². The number of amides is 2. The molecule has 0 saturated carbocycles. The summed E-state index contributed by atoms with van der Waals surface area (Å²) in [6, 6.07) is 16.4. The van der Waals surface area contributed by atoms with E-state index in [0.717, 1.165) is 27.6 Å². The molecule has 0 spiro atoms. The number of aryl methyl sites for hydroxylation is 2. The van der Waals surface area contributed by atoms with Crippen molar-refractivity contribution in [2.75, 3.05) is 18.5 Å². The number of hydrogen-bond donors (Lipinski definition) is 2. The van der Waals surface area contributed by atoms with Gasteiger partial charge in [0.15, 0.2) is 0 Å². The first-order valence-corrected chi connectivity index (χ1v) is 12.3. The number of aromatic nitrogens is 2. The van der Waals surface area contributed by atoms with Crippen molar-refractivity contribution in [2.45, 2.75) is 20.8 Å². The molecule has 5 rings (SSSR count). The van der Waals surface area contributed by atoms with Crippen molar-refractivity contribution < 1.29 is 14.3 Å². The number of benzene rings is 2. The number of ether oxygens (including phenoxy) is 1. The van der Waals surface area contributed by atoms with Crippen molar-refractivity contribution in [1.82, 2.24) is 15.3 Å². The Morgan fingerprint density at radius 2 is 1.82 bits per heavy atom. The number of anilines is 1. The average Bonchev–Trinajstić information content (AvgIpc) is 2.93. The SMILES string of the molecule is CC1=C(CNC(=O)c2ccc(NC(=O)c3cc(-c4cccnc4)nc4c(C)cc(C)cc34)cc2)N=CCO1. The lowest BCUT2D eigenvalue weighted by molar-refractivity contribution is 0.0955. The van der Waals surface area contributed by atoms with Gasteiger partial charge < -0.3 is 15.4 Å². The van der Waals surface area contributed by atoms with E-state index >= 15 is 0 Å². The molecule has 0 unspecified atom stereocenters. The molecular formula is C30H27N5O3. The Morgan fingerprint density at radius 1 is 1.00 bits per heavy atom. The number of carbonyl (C=O) groups excluding carboxylic acids is 2. The molecule has 2 aromatic heterocycles. The van der Waals surface area contributed by atoms with Gasteiger partial charge in [0.1, 0.15) is 12.4 Å². The maximum Gasteiger partial charge on any atom is 0.256 e. The summed E-state index contributed by atoms with van der Waals surface area (Å²) >= 11 is 0. The van der Waals surface area contributed by atoms with Crippen molar-refractivity contribution >= 4 is 34.6 Å². The summed E-state index contributed by atoms with van der Waals surface area (Å²) in [6.45, 7) is 6.52. The van der Waals surface area contributed by atoms with E-state index < -0.39 is 0 Å². The van der Waals surface area contributed by atoms with Crippen LogP contribution in [0.15, 0.2) is 83.4 Å². The van der Waals surface area contributed by atoms with Crippen LogP contribution in [0.2, 0.25) is 0 Å². The van der Waals surface area contributed by atoms with E-state index in [0.29, 0.717) is 40.6 Å². The zero-order chi connectivity index (χ0) is 26.6. The van der Waals surface area contributed by atoms with Crippen molar-refractivity contribution in [3.05, 3.63) is 101 Å². The number of allylic oxidation sites excluding steroid dienone is 1. The van der Waals surface area contributed by atoms with Gasteiger partial charge in [-0.3, -0.25) is 19.6 Å². The van der Waals surface area contributed by atoms with E-state index in [-0.39, 0.29) is 18.4 Å². The monoisotopic (exact) mass is 505 g/mol. The quantitative estimate of drug-likeness (QED) is 0.373. The van der Waals surface area contributed by atoms with Crippen LogP contribution in [0.25, 0.3) is 22.2 Å². The Labute approximate surface area is 220 Å². The van der Waals surface area contributed by atoms with E-state index in [1.807, 2.05) is 39.0 Å². The molecule has 8 heteroatoms. The molecule has 0 fully saturated rings. The predicted octanol–water partition coefficient (Wildman–Crippen LogP) is 5.23. The van der Waals surface area contributed by atoms with Crippen molar-refractivity contribution in [3.8, 4) is 11.3 Å². The number of rotatable bonds is 6. The standard InChI is InChI=1S/C30H27N5O3/c1-18-13-19(2)28-24(14-18)25(15-26(35-28)22-5-4-10-31-16-22)30(37)34-23-8-6-21(7-9-23)29(36)33-17-27-20(3)38-12-11-32-27/h4-11,13-16H,12,17H2,1-3H3,(H,33,36)(H,34,37). The zero-order valence-corrected chi connectivity index (χ0v) is 21.4. The number of nitrogens with one attached hydrogen (secondary N) is 2. The van der Waals surface area contributed by atoms with Gasteiger partial charge in [-0.1, -0.05) is 11.6 Å². The summed E-state index contributed by atoms with van der Waals surface area (Å²) in [4.78, 5) is 39.4. The van der Waals surface area contributed by atoms with Crippen molar-refractivity contribution in [3.63, 3.8) is 0 Å². The van der Waals surface area contributed by atoms with Crippen LogP contribution >= 0.6 is 0 Å². The third kappa shape index (κ3) is 5.29. The van der Waals surface area contributed by atoms with Gasteiger partial charge in [0.25, 0.3) is 11.8 Å². The Bertz CT molecular complexity index is 1590. The van der Waals surface area contributed by atoms with Crippen LogP contribution in [0.1, 0.15) is 38.8 Å². The Hall–Kier alpha value is -4.85. The maximum atomic E-state index is 13.5. The third-order valence-electron chi connectivity index (χ3n) is 6.30. The topological polar surface area (TPSA) is 106 Å². The van der Waals surface area contributed by atoms with Crippen molar-refractivity contribution in [1.29, 1.82) is 0 Å². The summed E-state index contributed by atoms with van der Waals surface area (Å²) in [6.07, 6.45) is 5.10. The number of hydrogen-bond acceptors (Lipinski definition) is 6. The van der Waals surface area contributed by atoms with Gasteiger partial charge in [-0.25, -0.2) is 4.98 Å². The second-order valence-corrected chi connectivity index (χ2v) is 9.11. The molecule has 0 saturated heterocycles. The van der Waals surface area contributed by atoms with Gasteiger partial charge in [0, 0.05) is 40.8 Å². The van der Waals surface area contributed by atoms with Gasteiger partial charge in [0.05, 0.1) is 29.0 Å². The fourth-order valence-corrected chi connectivity index (χ4v) is 4.35. The number of pyridine rings is 2. The van der Waals surface area contributed by atoms with Gasteiger partial charge >= 0.3 is 0 Å². The molecule has 0 bridgehead atoms. The Balaban J connectivity index is 1.37. The molecule has 0 atom stereocenters. The minimum atomic E-state index is -0.262. The summed E-state index contributed by atoms with van der Waals surface area (Å²) < 4.78 is 5.42. The maximum absolute atomic E-state index is 13.5. The first-order valence-electron chi connectivity index (χ1n) is 12.3. The van der Waals surface area contributed by atoms with E-state index in [9.17, 15) is 9.59 Å². The van der Waals surface area contributed by atoms with Crippen LogP contribution in [-0.4, -0.2) is 41.1 Å². The normalized spacial score (nSPS) is 12.8.